The van der Waals surface area contributed by atoms with Crippen molar-refractivity contribution in [1.82, 2.24) is 10.3 Å². The molecule has 1 N–H and O–H groups in total. The van der Waals surface area contributed by atoms with Crippen LogP contribution >= 0.6 is 0 Å². The highest BCUT2D eigenvalue weighted by Crippen LogP contribution is 2.41. The summed E-state index contributed by atoms with van der Waals surface area (Å²) >= 11 is 0. The van der Waals surface area contributed by atoms with Crippen LogP contribution in [0.5, 0.6) is 0 Å². The molecule has 2 atom stereocenters. The first-order valence-electron chi connectivity index (χ1n) is 8.18. The Hall–Kier alpha value is -0.970. The first-order chi connectivity index (χ1) is 10.3. The largest absolute Gasteiger partial charge is 0.381 e. The van der Waals surface area contributed by atoms with Crippen LogP contribution in [0, 0.1) is 5.92 Å². The molecule has 0 saturated carbocycles. The van der Waals surface area contributed by atoms with Crippen LogP contribution in [0.2, 0.25) is 0 Å². The molecule has 4 heteroatoms. The molecule has 1 aromatic rings. The van der Waals surface area contributed by atoms with E-state index in [9.17, 15) is 0 Å². The fourth-order valence-electron chi connectivity index (χ4n) is 3.78. The molecule has 4 nitrogen and oxygen atoms in total. The lowest BCUT2D eigenvalue weighted by Crippen LogP contribution is -2.47. The molecule has 0 radical (unpaired) electrons. The minimum Gasteiger partial charge on any atom is -0.381 e. The van der Waals surface area contributed by atoms with Crippen LogP contribution in [0.4, 0.5) is 0 Å². The highest BCUT2D eigenvalue weighted by Gasteiger charge is 2.41. The van der Waals surface area contributed by atoms with Crippen molar-refractivity contribution < 1.29 is 9.47 Å². The molecule has 0 amide bonds. The lowest BCUT2D eigenvalue weighted by Gasteiger charge is -2.45. The van der Waals surface area contributed by atoms with Gasteiger partial charge >= 0.3 is 0 Å². The molecule has 3 rings (SSSR count). The number of rotatable bonds is 4. The monoisotopic (exact) mass is 290 g/mol. The Kier molecular flexibility index (Phi) is 4.88. The highest BCUT2D eigenvalue weighted by atomic mass is 16.5. The van der Waals surface area contributed by atoms with Crippen LogP contribution in [0.3, 0.4) is 0 Å². The Morgan fingerprint density at radius 1 is 1.38 bits per heavy atom. The first kappa shape index (κ1) is 14.9. The highest BCUT2D eigenvalue weighted by molar-refractivity contribution is 5.16. The van der Waals surface area contributed by atoms with Gasteiger partial charge in [0.1, 0.15) is 0 Å². The molecular weight excluding hydrogens is 264 g/mol. The summed E-state index contributed by atoms with van der Waals surface area (Å²) in [5.41, 5.74) is 1.35. The fraction of sp³-hybridized carbons (Fsp3) is 0.706. The van der Waals surface area contributed by atoms with Crippen molar-refractivity contribution >= 4 is 0 Å². The van der Waals surface area contributed by atoms with Crippen molar-refractivity contribution in [1.29, 1.82) is 0 Å². The molecule has 0 bridgehead atoms. The Labute approximate surface area is 127 Å². The molecule has 2 aliphatic heterocycles. The van der Waals surface area contributed by atoms with Gasteiger partial charge in [0, 0.05) is 38.3 Å². The molecule has 3 heterocycles. The van der Waals surface area contributed by atoms with Gasteiger partial charge in [-0.15, -0.1) is 0 Å². The van der Waals surface area contributed by atoms with Crippen LogP contribution in [-0.2, 0) is 9.47 Å². The third-order valence-corrected chi connectivity index (χ3v) is 4.87. The molecule has 2 aliphatic rings. The van der Waals surface area contributed by atoms with Gasteiger partial charge in [-0.2, -0.15) is 0 Å². The van der Waals surface area contributed by atoms with Crippen LogP contribution in [0.15, 0.2) is 24.5 Å². The van der Waals surface area contributed by atoms with Gasteiger partial charge in [0.25, 0.3) is 0 Å². The van der Waals surface area contributed by atoms with Crippen LogP contribution in [0.1, 0.15) is 44.2 Å². The van der Waals surface area contributed by atoms with Crippen molar-refractivity contribution in [2.24, 2.45) is 5.92 Å². The third-order valence-electron chi connectivity index (χ3n) is 4.87. The van der Waals surface area contributed by atoms with E-state index >= 15 is 0 Å². The molecule has 0 aromatic carbocycles. The number of nitrogens with zero attached hydrogens (tertiary/aromatic N) is 1. The smallest absolute Gasteiger partial charge is 0.0729 e. The molecule has 2 saturated heterocycles. The molecule has 0 aliphatic carbocycles. The van der Waals surface area contributed by atoms with Crippen LogP contribution in [-0.4, -0.2) is 37.0 Å². The van der Waals surface area contributed by atoms with Crippen molar-refractivity contribution in [3.8, 4) is 0 Å². The predicted molar refractivity (Wildman–Crippen MR) is 82.1 cm³/mol. The Morgan fingerprint density at radius 2 is 2.24 bits per heavy atom. The Bertz CT molecular complexity index is 426. The summed E-state index contributed by atoms with van der Waals surface area (Å²) in [6, 6.07) is 4.60. The minimum absolute atomic E-state index is 0.0526. The normalized spacial score (nSPS) is 26.6. The van der Waals surface area contributed by atoms with Gasteiger partial charge in [-0.05, 0) is 49.8 Å². The lowest BCUT2D eigenvalue weighted by atomic mass is 9.76. The molecule has 2 fully saturated rings. The summed E-state index contributed by atoms with van der Waals surface area (Å²) < 4.78 is 11.7. The van der Waals surface area contributed by atoms with E-state index in [2.05, 4.69) is 23.3 Å². The summed E-state index contributed by atoms with van der Waals surface area (Å²) in [6.07, 6.45) is 8.17. The predicted octanol–water partition coefficient (Wildman–Crippen LogP) is 2.71. The number of hydrogen-bond donors (Lipinski definition) is 1. The summed E-state index contributed by atoms with van der Waals surface area (Å²) in [5.74, 6) is 0.612. The zero-order valence-electron chi connectivity index (χ0n) is 12.9. The molecule has 1 aromatic heterocycles. The standard InChI is InChI=1S/C17H26N2O2/c1-2-19-16(15-4-3-8-18-13-15)14-5-9-21-17(12-14)6-10-20-11-7-17/h3-4,8,13-14,16,19H,2,5-7,9-12H2,1H3. The van der Waals surface area contributed by atoms with Gasteiger partial charge in [-0.1, -0.05) is 13.0 Å². The SMILES string of the molecule is CCNC(c1cccnc1)C1CCOC2(CCOCC2)C1. The Morgan fingerprint density at radius 3 is 2.95 bits per heavy atom. The topological polar surface area (TPSA) is 43.4 Å². The zero-order chi connectivity index (χ0) is 14.5. The van der Waals surface area contributed by atoms with E-state index in [-0.39, 0.29) is 5.60 Å². The Balaban J connectivity index is 1.76. The number of aromatic nitrogens is 1. The van der Waals surface area contributed by atoms with Crippen molar-refractivity contribution in [2.75, 3.05) is 26.4 Å². The molecule has 2 unspecified atom stereocenters. The number of hydrogen-bond acceptors (Lipinski definition) is 4. The van der Waals surface area contributed by atoms with E-state index < -0.39 is 0 Å². The molecule has 116 valence electrons. The van der Waals surface area contributed by atoms with Gasteiger partial charge in [0.2, 0.25) is 0 Å². The van der Waals surface area contributed by atoms with E-state index in [1.807, 2.05) is 18.5 Å². The number of pyridine rings is 1. The maximum absolute atomic E-state index is 6.18. The minimum atomic E-state index is 0.0526. The molecular formula is C17H26N2O2. The van der Waals surface area contributed by atoms with Gasteiger partial charge < -0.3 is 14.8 Å². The van der Waals surface area contributed by atoms with E-state index in [0.717, 1.165) is 52.0 Å². The zero-order valence-corrected chi connectivity index (χ0v) is 12.9. The van der Waals surface area contributed by atoms with Gasteiger partial charge in [-0.3, -0.25) is 4.98 Å². The summed E-state index contributed by atoms with van der Waals surface area (Å²) in [5, 5.41) is 3.66. The average Bonchev–Trinajstić information content (AvgIpc) is 2.54. The third kappa shape index (κ3) is 3.44. The van der Waals surface area contributed by atoms with Crippen LogP contribution in [0.25, 0.3) is 0 Å². The second-order valence-corrected chi connectivity index (χ2v) is 6.22. The van der Waals surface area contributed by atoms with Gasteiger partial charge in [-0.25, -0.2) is 0 Å². The summed E-state index contributed by atoms with van der Waals surface area (Å²) in [6.45, 7) is 5.70. The van der Waals surface area contributed by atoms with Gasteiger partial charge in [0.05, 0.1) is 5.60 Å². The fourth-order valence-corrected chi connectivity index (χ4v) is 3.78. The quantitative estimate of drug-likeness (QED) is 0.926. The maximum atomic E-state index is 6.18. The van der Waals surface area contributed by atoms with Crippen LogP contribution < -0.4 is 5.32 Å². The number of nitrogens with one attached hydrogen (secondary N) is 1. The molecule has 1 spiro atoms. The van der Waals surface area contributed by atoms with E-state index in [1.54, 1.807) is 0 Å². The van der Waals surface area contributed by atoms with Gasteiger partial charge in [0.15, 0.2) is 0 Å². The van der Waals surface area contributed by atoms with Crippen molar-refractivity contribution in [3.05, 3.63) is 30.1 Å². The van der Waals surface area contributed by atoms with E-state index in [0.29, 0.717) is 12.0 Å². The maximum Gasteiger partial charge on any atom is 0.0729 e. The molecule has 21 heavy (non-hydrogen) atoms. The van der Waals surface area contributed by atoms with Crippen molar-refractivity contribution in [2.45, 2.75) is 44.2 Å². The van der Waals surface area contributed by atoms with E-state index in [4.69, 9.17) is 9.47 Å². The summed E-state index contributed by atoms with van der Waals surface area (Å²) in [7, 11) is 0. The summed E-state index contributed by atoms with van der Waals surface area (Å²) in [4.78, 5) is 4.30. The number of ether oxygens (including phenoxy) is 2. The van der Waals surface area contributed by atoms with Crippen molar-refractivity contribution in [3.63, 3.8) is 0 Å². The second-order valence-electron chi connectivity index (χ2n) is 6.22. The lowest BCUT2D eigenvalue weighted by molar-refractivity contribution is -0.150. The average molecular weight is 290 g/mol. The first-order valence-corrected chi connectivity index (χ1v) is 8.18. The second kappa shape index (κ2) is 6.86. The van der Waals surface area contributed by atoms with E-state index in [1.165, 1.54) is 5.56 Å².